The molecule has 0 aliphatic heterocycles. The van der Waals surface area contributed by atoms with E-state index in [9.17, 15) is 5.11 Å². The summed E-state index contributed by atoms with van der Waals surface area (Å²) in [4.78, 5) is 0. The number of nitrogens with one attached hydrogen (secondary N) is 1. The summed E-state index contributed by atoms with van der Waals surface area (Å²) >= 11 is 0. The molecule has 0 aliphatic rings. The van der Waals surface area contributed by atoms with Crippen molar-refractivity contribution in [3.63, 3.8) is 0 Å². The first-order valence-corrected chi connectivity index (χ1v) is 5.23. The van der Waals surface area contributed by atoms with E-state index in [1.54, 1.807) is 12.3 Å². The molecule has 3 heteroatoms. The zero-order valence-electron chi connectivity index (χ0n) is 9.45. The third kappa shape index (κ3) is 2.19. The fraction of sp³-hybridized carbons (Fsp3) is 0.231. The van der Waals surface area contributed by atoms with E-state index in [1.165, 1.54) is 0 Å². The summed E-state index contributed by atoms with van der Waals surface area (Å²) in [6, 6.07) is 7.47. The molecule has 1 heterocycles. The van der Waals surface area contributed by atoms with Crippen LogP contribution in [-0.2, 0) is 6.54 Å². The van der Waals surface area contributed by atoms with E-state index in [-0.39, 0.29) is 0 Å². The summed E-state index contributed by atoms with van der Waals surface area (Å²) in [7, 11) is 0. The summed E-state index contributed by atoms with van der Waals surface area (Å²) in [5.41, 5.74) is 2.89. The number of aryl methyl sites for hydroxylation is 2. The maximum Gasteiger partial charge on any atom is 0.125 e. The van der Waals surface area contributed by atoms with E-state index in [0.717, 1.165) is 22.6 Å². The minimum Gasteiger partial charge on any atom is -0.508 e. The van der Waals surface area contributed by atoms with Crippen LogP contribution in [0.4, 0.5) is 5.69 Å². The first-order valence-electron chi connectivity index (χ1n) is 5.23. The second-order valence-corrected chi connectivity index (χ2v) is 3.88. The normalized spacial score (nSPS) is 10.4. The van der Waals surface area contributed by atoms with Crippen molar-refractivity contribution in [3.05, 3.63) is 47.4 Å². The topological polar surface area (TPSA) is 45.4 Å². The lowest BCUT2D eigenvalue weighted by Crippen LogP contribution is -1.99. The van der Waals surface area contributed by atoms with Crippen LogP contribution in [0.2, 0.25) is 0 Å². The average molecular weight is 217 g/mol. The van der Waals surface area contributed by atoms with Crippen LogP contribution in [0.3, 0.4) is 0 Å². The zero-order chi connectivity index (χ0) is 11.5. The van der Waals surface area contributed by atoms with Gasteiger partial charge in [0.15, 0.2) is 0 Å². The van der Waals surface area contributed by atoms with Crippen LogP contribution in [0.5, 0.6) is 5.75 Å². The molecule has 2 rings (SSSR count). The SMILES string of the molecule is Cc1ccc(NCc2occc2C)cc1O. The highest BCUT2D eigenvalue weighted by atomic mass is 16.3. The molecule has 3 nitrogen and oxygen atoms in total. The van der Waals surface area contributed by atoms with Gasteiger partial charge in [-0.15, -0.1) is 0 Å². The van der Waals surface area contributed by atoms with Gasteiger partial charge in [-0.2, -0.15) is 0 Å². The number of hydrogen-bond donors (Lipinski definition) is 2. The Morgan fingerprint density at radius 3 is 2.62 bits per heavy atom. The molecule has 0 aliphatic carbocycles. The van der Waals surface area contributed by atoms with Crippen LogP contribution in [0.15, 0.2) is 34.9 Å². The van der Waals surface area contributed by atoms with Gasteiger partial charge in [-0.3, -0.25) is 0 Å². The van der Waals surface area contributed by atoms with Crippen molar-refractivity contribution in [1.82, 2.24) is 0 Å². The number of anilines is 1. The van der Waals surface area contributed by atoms with Crippen molar-refractivity contribution < 1.29 is 9.52 Å². The number of phenols is 1. The van der Waals surface area contributed by atoms with Crippen molar-refractivity contribution in [1.29, 1.82) is 0 Å². The molecule has 1 aromatic carbocycles. The molecule has 2 aromatic rings. The van der Waals surface area contributed by atoms with Crippen molar-refractivity contribution in [2.24, 2.45) is 0 Å². The molecule has 1 aromatic heterocycles. The molecular formula is C13H15NO2. The van der Waals surface area contributed by atoms with Gasteiger partial charge in [-0.1, -0.05) is 6.07 Å². The number of benzene rings is 1. The summed E-state index contributed by atoms with van der Waals surface area (Å²) in [5.74, 6) is 1.22. The summed E-state index contributed by atoms with van der Waals surface area (Å²) < 4.78 is 5.31. The summed E-state index contributed by atoms with van der Waals surface area (Å²) in [6.07, 6.45) is 1.68. The smallest absolute Gasteiger partial charge is 0.125 e. The largest absolute Gasteiger partial charge is 0.508 e. The fourth-order valence-corrected chi connectivity index (χ4v) is 1.49. The van der Waals surface area contributed by atoms with Gasteiger partial charge >= 0.3 is 0 Å². The van der Waals surface area contributed by atoms with Gasteiger partial charge in [-0.05, 0) is 37.1 Å². The Morgan fingerprint density at radius 2 is 2.00 bits per heavy atom. The second-order valence-electron chi connectivity index (χ2n) is 3.88. The van der Waals surface area contributed by atoms with E-state index in [1.807, 2.05) is 32.0 Å². The van der Waals surface area contributed by atoms with Crippen LogP contribution < -0.4 is 5.32 Å². The monoisotopic (exact) mass is 217 g/mol. The molecule has 84 valence electrons. The molecule has 0 saturated carbocycles. The molecule has 0 amide bonds. The van der Waals surface area contributed by atoms with Crippen molar-refractivity contribution >= 4 is 5.69 Å². The predicted octanol–water partition coefficient (Wildman–Crippen LogP) is 3.21. The van der Waals surface area contributed by atoms with E-state index in [0.29, 0.717) is 12.3 Å². The van der Waals surface area contributed by atoms with Crippen LogP contribution in [0.25, 0.3) is 0 Å². The molecule has 2 N–H and O–H groups in total. The molecule has 0 saturated heterocycles. The molecule has 0 bridgehead atoms. The number of hydrogen-bond acceptors (Lipinski definition) is 3. The highest BCUT2D eigenvalue weighted by Gasteiger charge is 2.02. The minimum atomic E-state index is 0.307. The standard InChI is InChI=1S/C13H15NO2/c1-9-3-4-11(7-12(9)15)14-8-13-10(2)5-6-16-13/h3-7,14-15H,8H2,1-2H3. The van der Waals surface area contributed by atoms with Crippen LogP contribution in [-0.4, -0.2) is 5.11 Å². The Bertz CT molecular complexity index is 488. The predicted molar refractivity (Wildman–Crippen MR) is 63.6 cm³/mol. The van der Waals surface area contributed by atoms with Gasteiger partial charge in [0.2, 0.25) is 0 Å². The van der Waals surface area contributed by atoms with Crippen LogP contribution in [0.1, 0.15) is 16.9 Å². The Kier molecular flexibility index (Phi) is 2.86. The van der Waals surface area contributed by atoms with Gasteiger partial charge in [-0.25, -0.2) is 0 Å². The number of furan rings is 1. The third-order valence-corrected chi connectivity index (χ3v) is 2.63. The lowest BCUT2D eigenvalue weighted by Gasteiger charge is -2.07. The first-order chi connectivity index (χ1) is 7.66. The minimum absolute atomic E-state index is 0.307. The second kappa shape index (κ2) is 4.31. The maximum absolute atomic E-state index is 9.55. The summed E-state index contributed by atoms with van der Waals surface area (Å²) in [5, 5.41) is 12.8. The van der Waals surface area contributed by atoms with Gasteiger partial charge in [0.05, 0.1) is 12.8 Å². The Morgan fingerprint density at radius 1 is 1.19 bits per heavy atom. The average Bonchev–Trinajstić information content (AvgIpc) is 2.66. The van der Waals surface area contributed by atoms with Crippen molar-refractivity contribution in [2.75, 3.05) is 5.32 Å². The Balaban J connectivity index is 2.05. The van der Waals surface area contributed by atoms with Gasteiger partial charge in [0.25, 0.3) is 0 Å². The highest BCUT2D eigenvalue weighted by Crippen LogP contribution is 2.21. The van der Waals surface area contributed by atoms with Gasteiger partial charge in [0.1, 0.15) is 11.5 Å². The lowest BCUT2D eigenvalue weighted by atomic mass is 10.2. The number of phenolic OH excluding ortho intramolecular Hbond substituents is 1. The van der Waals surface area contributed by atoms with Gasteiger partial charge in [0, 0.05) is 11.8 Å². The van der Waals surface area contributed by atoms with Crippen molar-refractivity contribution in [2.45, 2.75) is 20.4 Å². The molecule has 16 heavy (non-hydrogen) atoms. The Hall–Kier alpha value is -1.90. The third-order valence-electron chi connectivity index (χ3n) is 2.63. The molecule has 0 unspecified atom stereocenters. The van der Waals surface area contributed by atoms with E-state index >= 15 is 0 Å². The molecular weight excluding hydrogens is 202 g/mol. The molecule has 0 fully saturated rings. The lowest BCUT2D eigenvalue weighted by molar-refractivity contribution is 0.471. The van der Waals surface area contributed by atoms with Crippen LogP contribution in [0, 0.1) is 13.8 Å². The van der Waals surface area contributed by atoms with E-state index < -0.39 is 0 Å². The highest BCUT2D eigenvalue weighted by molar-refractivity contribution is 5.51. The quantitative estimate of drug-likeness (QED) is 0.829. The van der Waals surface area contributed by atoms with Crippen molar-refractivity contribution in [3.8, 4) is 5.75 Å². The first kappa shape index (κ1) is 10.6. The summed E-state index contributed by atoms with van der Waals surface area (Å²) in [6.45, 7) is 4.50. The van der Waals surface area contributed by atoms with Gasteiger partial charge < -0.3 is 14.8 Å². The molecule has 0 spiro atoms. The molecule has 0 atom stereocenters. The van der Waals surface area contributed by atoms with E-state index in [2.05, 4.69) is 5.32 Å². The van der Waals surface area contributed by atoms with E-state index in [4.69, 9.17) is 4.42 Å². The Labute approximate surface area is 94.7 Å². The zero-order valence-corrected chi connectivity index (χ0v) is 9.45. The number of rotatable bonds is 3. The maximum atomic E-state index is 9.55. The molecule has 0 radical (unpaired) electrons. The fourth-order valence-electron chi connectivity index (χ4n) is 1.49. The number of aromatic hydroxyl groups is 1. The van der Waals surface area contributed by atoms with Crippen LogP contribution >= 0.6 is 0 Å².